The molecule has 1 aliphatic rings. The molecule has 0 spiro atoms. The number of nitrogens with one attached hydrogen (secondary N) is 1. The quantitative estimate of drug-likeness (QED) is 0.863. The summed E-state index contributed by atoms with van der Waals surface area (Å²) in [4.78, 5) is 0. The van der Waals surface area contributed by atoms with E-state index in [1.54, 1.807) is 0 Å². The zero-order valence-electron chi connectivity index (χ0n) is 12.0. The number of alkyl halides is 3. The van der Waals surface area contributed by atoms with E-state index in [2.05, 4.69) is 19.2 Å². The Kier molecular flexibility index (Phi) is 4.74. The standard InChI is InChI=1S/C16H22F3N/c1-11(2)9-12-5-3-6-13(10-12)15-14(16(17,18)19)7-4-8-20-15/h3,5-6,10-11,14-15,20H,4,7-9H2,1-2H3. The molecule has 0 bridgehead atoms. The molecule has 0 aromatic heterocycles. The van der Waals surface area contributed by atoms with Crippen LogP contribution in [0, 0.1) is 11.8 Å². The van der Waals surface area contributed by atoms with Crippen molar-refractivity contribution in [3.63, 3.8) is 0 Å². The van der Waals surface area contributed by atoms with E-state index in [1.807, 2.05) is 24.3 Å². The highest BCUT2D eigenvalue weighted by Gasteiger charge is 2.45. The van der Waals surface area contributed by atoms with Crippen molar-refractivity contribution in [3.8, 4) is 0 Å². The van der Waals surface area contributed by atoms with Gasteiger partial charge in [-0.15, -0.1) is 0 Å². The van der Waals surface area contributed by atoms with Gasteiger partial charge < -0.3 is 5.32 Å². The predicted octanol–water partition coefficient (Wildman–Crippen LogP) is 4.49. The fourth-order valence-electron chi connectivity index (χ4n) is 2.98. The molecule has 1 fully saturated rings. The summed E-state index contributed by atoms with van der Waals surface area (Å²) in [5.74, 6) is -0.770. The molecule has 1 nitrogen and oxygen atoms in total. The van der Waals surface area contributed by atoms with E-state index in [1.165, 1.54) is 0 Å². The molecule has 2 rings (SSSR count). The molecule has 1 N–H and O–H groups in total. The van der Waals surface area contributed by atoms with Gasteiger partial charge in [-0.25, -0.2) is 0 Å². The van der Waals surface area contributed by atoms with Gasteiger partial charge in [-0.1, -0.05) is 38.1 Å². The number of rotatable bonds is 3. The van der Waals surface area contributed by atoms with E-state index in [0.29, 0.717) is 18.9 Å². The van der Waals surface area contributed by atoms with Crippen LogP contribution in [0.15, 0.2) is 24.3 Å². The lowest BCUT2D eigenvalue weighted by atomic mass is 9.85. The molecule has 0 saturated carbocycles. The van der Waals surface area contributed by atoms with Gasteiger partial charge in [0.1, 0.15) is 0 Å². The Balaban J connectivity index is 2.24. The molecule has 1 aromatic carbocycles. The Morgan fingerprint density at radius 2 is 2.05 bits per heavy atom. The Hall–Kier alpha value is -1.03. The minimum atomic E-state index is -4.13. The average Bonchev–Trinajstić information content (AvgIpc) is 2.37. The molecule has 0 aliphatic carbocycles. The third-order valence-electron chi connectivity index (χ3n) is 3.83. The van der Waals surface area contributed by atoms with Crippen LogP contribution in [0.5, 0.6) is 0 Å². The molecule has 0 amide bonds. The lowest BCUT2D eigenvalue weighted by Gasteiger charge is -2.34. The van der Waals surface area contributed by atoms with Gasteiger partial charge in [0.05, 0.1) is 5.92 Å². The number of hydrogen-bond donors (Lipinski definition) is 1. The van der Waals surface area contributed by atoms with Crippen LogP contribution in [-0.2, 0) is 6.42 Å². The van der Waals surface area contributed by atoms with Crippen molar-refractivity contribution in [3.05, 3.63) is 35.4 Å². The second-order valence-electron chi connectivity index (χ2n) is 6.07. The van der Waals surface area contributed by atoms with Gasteiger partial charge in [-0.05, 0) is 42.9 Å². The van der Waals surface area contributed by atoms with Crippen molar-refractivity contribution in [1.29, 1.82) is 0 Å². The Labute approximate surface area is 118 Å². The topological polar surface area (TPSA) is 12.0 Å². The maximum absolute atomic E-state index is 13.1. The fraction of sp³-hybridized carbons (Fsp3) is 0.625. The Bertz CT molecular complexity index is 440. The predicted molar refractivity (Wildman–Crippen MR) is 74.5 cm³/mol. The normalized spacial score (nSPS) is 24.1. The molecule has 20 heavy (non-hydrogen) atoms. The van der Waals surface area contributed by atoms with E-state index in [4.69, 9.17) is 0 Å². The molecule has 2 atom stereocenters. The number of hydrogen-bond acceptors (Lipinski definition) is 1. The number of halogens is 3. The zero-order chi connectivity index (χ0) is 14.8. The van der Waals surface area contributed by atoms with Crippen LogP contribution in [-0.4, -0.2) is 12.7 Å². The van der Waals surface area contributed by atoms with Gasteiger partial charge in [0.25, 0.3) is 0 Å². The average molecular weight is 285 g/mol. The third-order valence-corrected chi connectivity index (χ3v) is 3.83. The van der Waals surface area contributed by atoms with Crippen LogP contribution in [0.3, 0.4) is 0 Å². The largest absolute Gasteiger partial charge is 0.393 e. The van der Waals surface area contributed by atoms with Gasteiger partial charge in [0.2, 0.25) is 0 Å². The first-order valence-corrected chi connectivity index (χ1v) is 7.27. The van der Waals surface area contributed by atoms with E-state index >= 15 is 0 Å². The summed E-state index contributed by atoms with van der Waals surface area (Å²) in [5, 5.41) is 3.05. The van der Waals surface area contributed by atoms with Crippen LogP contribution < -0.4 is 5.32 Å². The summed E-state index contributed by atoms with van der Waals surface area (Å²) in [6.07, 6.45) is -2.43. The van der Waals surface area contributed by atoms with Gasteiger partial charge in [-0.2, -0.15) is 13.2 Å². The van der Waals surface area contributed by atoms with Crippen molar-refractivity contribution in [1.82, 2.24) is 5.32 Å². The second-order valence-corrected chi connectivity index (χ2v) is 6.07. The smallest absolute Gasteiger partial charge is 0.309 e. The van der Waals surface area contributed by atoms with Crippen molar-refractivity contribution < 1.29 is 13.2 Å². The minimum absolute atomic E-state index is 0.218. The van der Waals surface area contributed by atoms with Crippen LogP contribution in [0.25, 0.3) is 0 Å². The van der Waals surface area contributed by atoms with E-state index in [9.17, 15) is 13.2 Å². The monoisotopic (exact) mass is 285 g/mol. The molecule has 1 aliphatic heterocycles. The van der Waals surface area contributed by atoms with Crippen LogP contribution in [0.1, 0.15) is 43.9 Å². The summed E-state index contributed by atoms with van der Waals surface area (Å²) in [6, 6.07) is 7.01. The van der Waals surface area contributed by atoms with Crippen molar-refractivity contribution in [2.75, 3.05) is 6.54 Å². The highest BCUT2D eigenvalue weighted by molar-refractivity contribution is 5.27. The van der Waals surface area contributed by atoms with Gasteiger partial charge in [0.15, 0.2) is 0 Å². The molecule has 4 heteroatoms. The van der Waals surface area contributed by atoms with Crippen molar-refractivity contribution in [2.24, 2.45) is 11.8 Å². The Morgan fingerprint density at radius 3 is 2.70 bits per heavy atom. The summed E-state index contributed by atoms with van der Waals surface area (Å²) < 4.78 is 39.4. The molecular weight excluding hydrogens is 263 g/mol. The third kappa shape index (κ3) is 3.75. The SMILES string of the molecule is CC(C)Cc1cccc(C2NCCCC2C(F)(F)F)c1. The first-order valence-electron chi connectivity index (χ1n) is 7.27. The number of benzene rings is 1. The van der Waals surface area contributed by atoms with Crippen LogP contribution in [0.2, 0.25) is 0 Å². The van der Waals surface area contributed by atoms with Crippen molar-refractivity contribution in [2.45, 2.75) is 45.3 Å². The Morgan fingerprint density at radius 1 is 1.30 bits per heavy atom. The fourth-order valence-corrected chi connectivity index (χ4v) is 2.98. The molecule has 0 radical (unpaired) electrons. The molecule has 112 valence electrons. The molecule has 1 heterocycles. The minimum Gasteiger partial charge on any atom is -0.309 e. The highest BCUT2D eigenvalue weighted by atomic mass is 19.4. The summed E-state index contributed by atoms with van der Waals surface area (Å²) >= 11 is 0. The highest BCUT2D eigenvalue weighted by Crippen LogP contribution is 2.41. The first kappa shape index (κ1) is 15.4. The first-order chi connectivity index (χ1) is 9.38. The maximum atomic E-state index is 13.1. The van der Waals surface area contributed by atoms with E-state index < -0.39 is 18.1 Å². The summed E-state index contributed by atoms with van der Waals surface area (Å²) in [7, 11) is 0. The van der Waals surface area contributed by atoms with Gasteiger partial charge in [-0.3, -0.25) is 0 Å². The van der Waals surface area contributed by atoms with E-state index in [0.717, 1.165) is 17.5 Å². The summed E-state index contributed by atoms with van der Waals surface area (Å²) in [5.41, 5.74) is 1.89. The molecule has 1 aromatic rings. The number of piperidine rings is 1. The van der Waals surface area contributed by atoms with Gasteiger partial charge in [0, 0.05) is 6.04 Å². The van der Waals surface area contributed by atoms with Crippen molar-refractivity contribution >= 4 is 0 Å². The molecule has 1 saturated heterocycles. The molecular formula is C16H22F3N. The maximum Gasteiger partial charge on any atom is 0.393 e. The second kappa shape index (κ2) is 6.17. The van der Waals surface area contributed by atoms with E-state index in [-0.39, 0.29) is 6.42 Å². The molecule has 2 unspecified atom stereocenters. The zero-order valence-corrected chi connectivity index (χ0v) is 12.0. The lowest BCUT2D eigenvalue weighted by Crippen LogP contribution is -2.41. The van der Waals surface area contributed by atoms with Gasteiger partial charge >= 0.3 is 6.18 Å². The summed E-state index contributed by atoms with van der Waals surface area (Å²) in [6.45, 7) is 4.89. The van der Waals surface area contributed by atoms with Crippen LogP contribution in [0.4, 0.5) is 13.2 Å². The lowest BCUT2D eigenvalue weighted by molar-refractivity contribution is -0.189. The van der Waals surface area contributed by atoms with Crippen LogP contribution >= 0.6 is 0 Å².